The number of pyridine rings is 1. The van der Waals surface area contributed by atoms with Gasteiger partial charge in [-0.05, 0) is 73.1 Å². The molecule has 1 heterocycles. The summed E-state index contributed by atoms with van der Waals surface area (Å²) in [5.74, 6) is 3.23. The number of hydrogen-bond acceptors (Lipinski definition) is 0. The maximum Gasteiger partial charge on any atom is 0.176 e. The average Bonchev–Trinajstić information content (AvgIpc) is 2.52. The molecule has 0 unspecified atom stereocenters. The summed E-state index contributed by atoms with van der Waals surface area (Å²) in [6, 6.07) is 11.0. The van der Waals surface area contributed by atoms with Crippen LogP contribution in [0.3, 0.4) is 0 Å². The van der Waals surface area contributed by atoms with E-state index in [-0.39, 0.29) is 17.0 Å². The molecule has 6 rings (SSSR count). The molecule has 0 N–H and O–H groups in total. The van der Waals surface area contributed by atoms with Crippen molar-refractivity contribution < 1.29 is 21.5 Å². The van der Waals surface area contributed by atoms with E-state index < -0.39 is 0 Å². The second-order valence-corrected chi connectivity index (χ2v) is 8.48. The Morgan fingerprint density at radius 3 is 2.13 bits per heavy atom. The van der Waals surface area contributed by atoms with E-state index in [1.165, 1.54) is 43.0 Å². The quantitative estimate of drug-likeness (QED) is 0.723. The maximum atomic E-state index is 2.43. The standard InChI is InChI=1S/C21H26N.BrH/c1-2-4-20-15-22(7-5-19(20)3-1)8-6-21-12-16-9-17(13-21)11-18(10-16)14-21;/h1-5,7,15-18H,6,8-14H2;1H/q+1;/p-1. The van der Waals surface area contributed by atoms with Gasteiger partial charge in [-0.2, -0.15) is 0 Å². The Balaban J connectivity index is 0.00000135. The molecular formula is C21H26BrN. The van der Waals surface area contributed by atoms with Crippen molar-refractivity contribution in [3.8, 4) is 0 Å². The van der Waals surface area contributed by atoms with Crippen molar-refractivity contribution in [1.29, 1.82) is 0 Å². The zero-order chi connectivity index (χ0) is 14.6. The molecule has 2 heteroatoms. The van der Waals surface area contributed by atoms with Crippen LogP contribution in [0.5, 0.6) is 0 Å². The first-order chi connectivity index (χ1) is 10.8. The van der Waals surface area contributed by atoms with Gasteiger partial charge in [-0.25, -0.2) is 4.57 Å². The van der Waals surface area contributed by atoms with Gasteiger partial charge < -0.3 is 17.0 Å². The molecule has 23 heavy (non-hydrogen) atoms. The average molecular weight is 372 g/mol. The third kappa shape index (κ3) is 2.84. The highest BCUT2D eigenvalue weighted by atomic mass is 79.9. The minimum atomic E-state index is 0. The van der Waals surface area contributed by atoms with Crippen molar-refractivity contribution in [2.75, 3.05) is 0 Å². The van der Waals surface area contributed by atoms with E-state index in [0.29, 0.717) is 5.41 Å². The lowest BCUT2D eigenvalue weighted by molar-refractivity contribution is -0.698. The highest BCUT2D eigenvalue weighted by Crippen LogP contribution is 2.61. The van der Waals surface area contributed by atoms with Crippen LogP contribution >= 0.6 is 0 Å². The number of benzene rings is 1. The third-order valence-corrected chi connectivity index (χ3v) is 6.81. The largest absolute Gasteiger partial charge is 1.00 e. The van der Waals surface area contributed by atoms with Crippen molar-refractivity contribution in [1.82, 2.24) is 0 Å². The van der Waals surface area contributed by atoms with Crippen LogP contribution in [0.25, 0.3) is 10.8 Å². The molecule has 0 atom stereocenters. The van der Waals surface area contributed by atoms with Crippen molar-refractivity contribution >= 4 is 10.8 Å². The highest BCUT2D eigenvalue weighted by molar-refractivity contribution is 5.80. The van der Waals surface area contributed by atoms with Crippen molar-refractivity contribution in [2.24, 2.45) is 23.2 Å². The van der Waals surface area contributed by atoms with E-state index >= 15 is 0 Å². The molecule has 0 spiro atoms. The smallest absolute Gasteiger partial charge is 0.176 e. The van der Waals surface area contributed by atoms with Crippen molar-refractivity contribution in [3.05, 3.63) is 42.7 Å². The van der Waals surface area contributed by atoms with Crippen molar-refractivity contribution in [3.63, 3.8) is 0 Å². The fourth-order valence-electron chi connectivity index (χ4n) is 6.28. The molecule has 4 bridgehead atoms. The number of aryl methyl sites for hydroxylation is 1. The fraction of sp³-hybridized carbons (Fsp3) is 0.571. The lowest BCUT2D eigenvalue weighted by Gasteiger charge is -2.56. The molecule has 122 valence electrons. The van der Waals surface area contributed by atoms with Crippen LogP contribution in [0.2, 0.25) is 0 Å². The SMILES string of the molecule is [Br-].c1ccc2c[n+](CCC34CC5CC(CC(C5)C3)C4)ccc2c1. The van der Waals surface area contributed by atoms with Crippen LogP contribution in [0.1, 0.15) is 44.9 Å². The zero-order valence-electron chi connectivity index (χ0n) is 13.8. The van der Waals surface area contributed by atoms with Gasteiger partial charge >= 0.3 is 0 Å². The van der Waals surface area contributed by atoms with Crippen LogP contribution in [0, 0.1) is 23.2 Å². The second-order valence-electron chi connectivity index (χ2n) is 8.48. The molecule has 4 aliphatic rings. The van der Waals surface area contributed by atoms with Gasteiger partial charge in [0.25, 0.3) is 0 Å². The Labute approximate surface area is 149 Å². The molecule has 1 aromatic heterocycles. The summed E-state index contributed by atoms with van der Waals surface area (Å²) in [6.45, 7) is 1.21. The monoisotopic (exact) mass is 371 g/mol. The molecule has 4 fully saturated rings. The zero-order valence-corrected chi connectivity index (χ0v) is 15.3. The lowest BCUT2D eigenvalue weighted by Crippen LogP contribution is -3.00. The normalized spacial score (nSPS) is 34.5. The molecule has 2 aromatic rings. The number of hydrogen-bond donors (Lipinski definition) is 0. The molecule has 4 saturated carbocycles. The third-order valence-electron chi connectivity index (χ3n) is 6.81. The van der Waals surface area contributed by atoms with E-state index in [0.717, 1.165) is 17.8 Å². The predicted octanol–water partition coefficient (Wildman–Crippen LogP) is 1.74. The molecule has 1 aromatic carbocycles. The Hall–Kier alpha value is -0.890. The van der Waals surface area contributed by atoms with E-state index in [1.807, 2.05) is 0 Å². The Morgan fingerprint density at radius 2 is 1.48 bits per heavy atom. The van der Waals surface area contributed by atoms with Gasteiger partial charge in [0.05, 0.1) is 0 Å². The first kappa shape index (κ1) is 15.6. The summed E-state index contributed by atoms with van der Waals surface area (Å²) in [5.41, 5.74) is 0.702. The minimum absolute atomic E-state index is 0. The summed E-state index contributed by atoms with van der Waals surface area (Å²) in [5, 5.41) is 2.73. The first-order valence-electron chi connectivity index (χ1n) is 9.16. The van der Waals surface area contributed by atoms with E-state index in [1.54, 1.807) is 19.3 Å². The topological polar surface area (TPSA) is 3.88 Å². The summed E-state index contributed by atoms with van der Waals surface area (Å²) >= 11 is 0. The van der Waals surface area contributed by atoms with Crippen LogP contribution < -0.4 is 21.5 Å². The van der Waals surface area contributed by atoms with Crippen LogP contribution in [-0.2, 0) is 6.54 Å². The Morgan fingerprint density at radius 1 is 0.870 bits per heavy atom. The van der Waals surface area contributed by atoms with Crippen LogP contribution in [-0.4, -0.2) is 0 Å². The van der Waals surface area contributed by atoms with Crippen LogP contribution in [0.4, 0.5) is 0 Å². The number of rotatable bonds is 3. The molecule has 4 aliphatic carbocycles. The molecule has 0 radical (unpaired) electrons. The number of aromatic nitrogens is 1. The predicted molar refractivity (Wildman–Crippen MR) is 89.4 cm³/mol. The summed E-state index contributed by atoms with van der Waals surface area (Å²) in [4.78, 5) is 0. The van der Waals surface area contributed by atoms with E-state index in [4.69, 9.17) is 0 Å². The second kappa shape index (κ2) is 5.88. The van der Waals surface area contributed by atoms with Crippen LogP contribution in [0.15, 0.2) is 42.7 Å². The van der Waals surface area contributed by atoms with Gasteiger partial charge in [-0.3, -0.25) is 0 Å². The van der Waals surface area contributed by atoms with Gasteiger partial charge in [-0.15, -0.1) is 0 Å². The summed E-state index contributed by atoms with van der Waals surface area (Å²) < 4.78 is 2.43. The first-order valence-corrected chi connectivity index (χ1v) is 9.16. The molecule has 0 amide bonds. The number of nitrogens with zero attached hydrogens (tertiary/aromatic N) is 1. The Kier molecular flexibility index (Phi) is 3.99. The maximum absolute atomic E-state index is 2.43. The van der Waals surface area contributed by atoms with Gasteiger partial charge in [0, 0.05) is 17.9 Å². The van der Waals surface area contributed by atoms with Gasteiger partial charge in [0.1, 0.15) is 6.54 Å². The van der Waals surface area contributed by atoms with E-state index in [2.05, 4.69) is 47.3 Å². The van der Waals surface area contributed by atoms with Gasteiger partial charge in [-0.1, -0.05) is 18.2 Å². The fourth-order valence-corrected chi connectivity index (χ4v) is 6.28. The Bertz CT molecular complexity index is 673. The molecule has 0 aliphatic heterocycles. The van der Waals surface area contributed by atoms with Crippen molar-refractivity contribution in [2.45, 2.75) is 51.5 Å². The summed E-state index contributed by atoms with van der Waals surface area (Å²) in [6.07, 6.45) is 15.3. The number of fused-ring (bicyclic) bond motifs is 1. The highest BCUT2D eigenvalue weighted by Gasteiger charge is 2.50. The molecule has 1 nitrogen and oxygen atoms in total. The molecule has 0 saturated heterocycles. The molecular weight excluding hydrogens is 346 g/mol. The summed E-state index contributed by atoms with van der Waals surface area (Å²) in [7, 11) is 0. The van der Waals surface area contributed by atoms with Gasteiger partial charge in [0.2, 0.25) is 0 Å². The van der Waals surface area contributed by atoms with Gasteiger partial charge in [0.15, 0.2) is 12.4 Å². The van der Waals surface area contributed by atoms with E-state index in [9.17, 15) is 0 Å². The lowest BCUT2D eigenvalue weighted by atomic mass is 9.49. The number of halogens is 1. The minimum Gasteiger partial charge on any atom is -1.00 e.